The topological polar surface area (TPSA) is 33.5 Å². The SMILES string of the molecule is CC(C)c1cccc(C(C)C)c1-c1ccc2c(c1)N(c1cccc(C(C)(C)c3ccccc3)c1)CN2c1cccc(Oc2cc(C(C)(C)C)c3c4ccccc4n(-c4cc(C(C)(C)C)ccn4)c3c2)c1. The summed E-state index contributed by atoms with van der Waals surface area (Å²) in [6.45, 7) is 28.2. The Hall–Kier alpha value is -7.11. The Morgan fingerprint density at radius 2 is 1.14 bits per heavy atom. The molecule has 1 aliphatic rings. The highest BCUT2D eigenvalue weighted by Gasteiger charge is 2.32. The summed E-state index contributed by atoms with van der Waals surface area (Å²) in [5.41, 5.74) is 16.8. The highest BCUT2D eigenvalue weighted by atomic mass is 16.5. The number of para-hydroxylation sites is 1. The number of anilines is 4. The first-order chi connectivity index (χ1) is 33.4. The third-order valence-corrected chi connectivity index (χ3v) is 14.6. The summed E-state index contributed by atoms with van der Waals surface area (Å²) in [6, 6.07) is 60.2. The van der Waals surface area contributed by atoms with E-state index in [-0.39, 0.29) is 16.2 Å². The van der Waals surface area contributed by atoms with Crippen LogP contribution in [0.2, 0.25) is 0 Å². The van der Waals surface area contributed by atoms with Gasteiger partial charge >= 0.3 is 0 Å². The van der Waals surface area contributed by atoms with E-state index in [1.165, 1.54) is 61.0 Å². The first-order valence-electron chi connectivity index (χ1n) is 25.2. The van der Waals surface area contributed by atoms with Gasteiger partial charge in [0.05, 0.1) is 22.4 Å². The van der Waals surface area contributed by atoms with E-state index in [1.54, 1.807) is 0 Å². The van der Waals surface area contributed by atoms with Crippen LogP contribution in [0.3, 0.4) is 0 Å². The Labute approximate surface area is 416 Å². The van der Waals surface area contributed by atoms with E-state index in [0.29, 0.717) is 18.5 Å². The zero-order chi connectivity index (χ0) is 49.3. The highest BCUT2D eigenvalue weighted by Crippen LogP contribution is 2.49. The lowest BCUT2D eigenvalue weighted by atomic mass is 9.78. The molecule has 10 rings (SSSR count). The van der Waals surface area contributed by atoms with Crippen LogP contribution in [0.25, 0.3) is 38.8 Å². The average molecular weight is 921 g/mol. The molecule has 70 heavy (non-hydrogen) atoms. The normalized spacial score (nSPS) is 13.3. The minimum atomic E-state index is -0.188. The van der Waals surface area contributed by atoms with Crippen LogP contribution in [0, 0.1) is 0 Å². The molecule has 354 valence electrons. The second-order valence-corrected chi connectivity index (χ2v) is 22.6. The van der Waals surface area contributed by atoms with Crippen molar-refractivity contribution in [3.8, 4) is 28.4 Å². The number of benzene rings is 7. The molecule has 5 nitrogen and oxygen atoms in total. The van der Waals surface area contributed by atoms with Crippen molar-refractivity contribution in [2.75, 3.05) is 16.5 Å². The number of hydrogen-bond acceptors (Lipinski definition) is 4. The molecule has 0 saturated carbocycles. The molecular weight excluding hydrogens is 853 g/mol. The molecule has 5 heteroatoms. The van der Waals surface area contributed by atoms with E-state index in [1.807, 2.05) is 6.20 Å². The Balaban J connectivity index is 1.09. The first-order valence-corrected chi connectivity index (χ1v) is 25.2. The van der Waals surface area contributed by atoms with Crippen molar-refractivity contribution in [1.29, 1.82) is 0 Å². The summed E-state index contributed by atoms with van der Waals surface area (Å²) in [6.07, 6.45) is 1.95. The maximum atomic E-state index is 7.06. The van der Waals surface area contributed by atoms with Crippen molar-refractivity contribution in [3.05, 3.63) is 203 Å². The molecule has 0 amide bonds. The molecule has 2 aromatic heterocycles. The third-order valence-electron chi connectivity index (χ3n) is 14.6. The van der Waals surface area contributed by atoms with Crippen molar-refractivity contribution in [2.24, 2.45) is 0 Å². The van der Waals surface area contributed by atoms with Gasteiger partial charge in [-0.05, 0) is 128 Å². The molecule has 0 saturated heterocycles. The maximum absolute atomic E-state index is 7.06. The van der Waals surface area contributed by atoms with E-state index in [4.69, 9.17) is 9.72 Å². The van der Waals surface area contributed by atoms with Crippen LogP contribution in [0.1, 0.15) is 128 Å². The Morgan fingerprint density at radius 1 is 0.500 bits per heavy atom. The molecule has 0 bridgehead atoms. The standard InChI is InChI=1S/C65H68N4O/c1-42(2)52-28-20-29-53(43(3)4)61(52)44-31-32-57-58(35-44)68(48-24-18-23-47(36-48)65(11,12)45-21-14-13-15-22-45)41-67(57)49-25-19-26-50(38-49)70-51-39-55(64(8,9)10)62-54-27-16-17-30-56(54)69(59(62)40-51)60-37-46(33-34-66-60)63(5,6)7/h13-40,42-43H,41H2,1-12H3. The predicted molar refractivity (Wildman–Crippen MR) is 297 cm³/mol. The summed E-state index contributed by atoms with van der Waals surface area (Å²) in [5, 5.41) is 2.44. The zero-order valence-corrected chi connectivity index (χ0v) is 43.2. The summed E-state index contributed by atoms with van der Waals surface area (Å²) in [4.78, 5) is 9.93. The fraction of sp³-hybridized carbons (Fsp3) is 0.277. The van der Waals surface area contributed by atoms with E-state index < -0.39 is 0 Å². The van der Waals surface area contributed by atoms with Gasteiger partial charge in [-0.3, -0.25) is 4.57 Å². The molecular formula is C65H68N4O. The van der Waals surface area contributed by atoms with Gasteiger partial charge in [0.2, 0.25) is 0 Å². The van der Waals surface area contributed by atoms with Gasteiger partial charge < -0.3 is 14.5 Å². The monoisotopic (exact) mass is 921 g/mol. The largest absolute Gasteiger partial charge is 0.457 e. The number of nitrogens with zero attached hydrogens (tertiary/aromatic N) is 4. The Kier molecular flexibility index (Phi) is 11.8. The average Bonchev–Trinajstić information content (AvgIpc) is 3.89. The molecule has 0 aliphatic carbocycles. The van der Waals surface area contributed by atoms with Crippen molar-refractivity contribution in [2.45, 2.75) is 111 Å². The van der Waals surface area contributed by atoms with Gasteiger partial charge in [0, 0.05) is 45.9 Å². The van der Waals surface area contributed by atoms with Gasteiger partial charge in [0.15, 0.2) is 0 Å². The van der Waals surface area contributed by atoms with Crippen LogP contribution in [0.15, 0.2) is 170 Å². The predicted octanol–water partition coefficient (Wildman–Crippen LogP) is 18.1. The van der Waals surface area contributed by atoms with Crippen LogP contribution < -0.4 is 14.5 Å². The Morgan fingerprint density at radius 3 is 1.84 bits per heavy atom. The van der Waals surface area contributed by atoms with Gasteiger partial charge in [-0.1, -0.05) is 174 Å². The minimum Gasteiger partial charge on any atom is -0.457 e. The van der Waals surface area contributed by atoms with Gasteiger partial charge in [0.25, 0.3) is 0 Å². The van der Waals surface area contributed by atoms with E-state index >= 15 is 0 Å². The third kappa shape index (κ3) is 8.44. The lowest BCUT2D eigenvalue weighted by Gasteiger charge is -2.28. The maximum Gasteiger partial charge on any atom is 0.137 e. The van der Waals surface area contributed by atoms with Crippen molar-refractivity contribution in [3.63, 3.8) is 0 Å². The quantitative estimate of drug-likeness (QED) is 0.137. The number of ether oxygens (including phenoxy) is 1. The number of pyridine rings is 1. The summed E-state index contributed by atoms with van der Waals surface area (Å²) in [7, 11) is 0. The van der Waals surface area contributed by atoms with Crippen LogP contribution in [0.5, 0.6) is 11.5 Å². The number of aromatic nitrogens is 2. The first kappa shape index (κ1) is 46.6. The second-order valence-electron chi connectivity index (χ2n) is 22.6. The van der Waals surface area contributed by atoms with Crippen molar-refractivity contribution >= 4 is 44.6 Å². The lowest BCUT2D eigenvalue weighted by molar-refractivity contribution is 0.480. The molecule has 0 N–H and O–H groups in total. The lowest BCUT2D eigenvalue weighted by Crippen LogP contribution is -2.25. The van der Waals surface area contributed by atoms with Crippen LogP contribution in [0.4, 0.5) is 22.7 Å². The fourth-order valence-corrected chi connectivity index (χ4v) is 10.7. The zero-order valence-electron chi connectivity index (χ0n) is 43.2. The smallest absolute Gasteiger partial charge is 0.137 e. The second kappa shape index (κ2) is 17.7. The molecule has 0 unspecified atom stereocenters. The van der Waals surface area contributed by atoms with Gasteiger partial charge in [-0.25, -0.2) is 4.98 Å². The summed E-state index contributed by atoms with van der Waals surface area (Å²) in [5.74, 6) is 3.24. The van der Waals surface area contributed by atoms with Gasteiger partial charge in [-0.2, -0.15) is 0 Å². The van der Waals surface area contributed by atoms with Crippen molar-refractivity contribution < 1.29 is 4.74 Å². The molecule has 0 fully saturated rings. The fourth-order valence-electron chi connectivity index (χ4n) is 10.7. The van der Waals surface area contributed by atoms with Crippen LogP contribution in [-0.2, 0) is 16.2 Å². The molecule has 3 heterocycles. The molecule has 9 aromatic rings. The highest BCUT2D eigenvalue weighted by molar-refractivity contribution is 6.11. The van der Waals surface area contributed by atoms with Gasteiger partial charge in [-0.15, -0.1) is 0 Å². The molecule has 1 aliphatic heterocycles. The van der Waals surface area contributed by atoms with Crippen LogP contribution >= 0.6 is 0 Å². The van der Waals surface area contributed by atoms with E-state index in [2.05, 4.69) is 261 Å². The van der Waals surface area contributed by atoms with E-state index in [9.17, 15) is 0 Å². The molecule has 7 aromatic carbocycles. The Bertz CT molecular complexity index is 3370. The molecule has 0 spiro atoms. The van der Waals surface area contributed by atoms with Crippen LogP contribution in [-0.4, -0.2) is 16.2 Å². The van der Waals surface area contributed by atoms with Crippen molar-refractivity contribution in [1.82, 2.24) is 9.55 Å². The molecule has 0 atom stereocenters. The summed E-state index contributed by atoms with van der Waals surface area (Å²) >= 11 is 0. The number of hydrogen-bond donors (Lipinski definition) is 0. The van der Waals surface area contributed by atoms with E-state index in [0.717, 1.165) is 45.4 Å². The van der Waals surface area contributed by atoms with Gasteiger partial charge in [0.1, 0.15) is 24.0 Å². The number of rotatable bonds is 10. The minimum absolute atomic E-state index is 0.0265. The molecule has 0 radical (unpaired) electrons. The number of fused-ring (bicyclic) bond motifs is 4. The summed E-state index contributed by atoms with van der Waals surface area (Å²) < 4.78 is 9.38.